The fourth-order valence-electron chi connectivity index (χ4n) is 3.90. The lowest BCUT2D eigenvalue weighted by Crippen LogP contribution is -2.51. The number of amides is 1. The highest BCUT2D eigenvalue weighted by atomic mass is 16.5. The Bertz CT molecular complexity index is 922. The second-order valence-electron chi connectivity index (χ2n) is 7.98. The van der Waals surface area contributed by atoms with Gasteiger partial charge in [-0.05, 0) is 22.3 Å². The highest BCUT2D eigenvalue weighted by Crippen LogP contribution is 2.44. The predicted octanol–water partition coefficient (Wildman–Crippen LogP) is 3.57. The largest absolute Gasteiger partial charge is 0.480 e. The molecule has 2 aromatic carbocycles. The van der Waals surface area contributed by atoms with E-state index in [0.29, 0.717) is 0 Å². The first-order chi connectivity index (χ1) is 14.2. The number of ether oxygens (including phenoxy) is 2. The average molecular weight is 411 g/mol. The van der Waals surface area contributed by atoms with E-state index in [1.54, 1.807) is 13.8 Å². The van der Waals surface area contributed by atoms with Gasteiger partial charge in [0.15, 0.2) is 0 Å². The minimum atomic E-state index is -1.31. The van der Waals surface area contributed by atoms with Crippen LogP contribution in [0.3, 0.4) is 0 Å². The number of hydrogen-bond acceptors (Lipinski definition) is 5. The van der Waals surface area contributed by atoms with Crippen molar-refractivity contribution in [3.05, 3.63) is 59.7 Å². The monoisotopic (exact) mass is 411 g/mol. The van der Waals surface area contributed by atoms with Crippen molar-refractivity contribution >= 4 is 18.0 Å². The van der Waals surface area contributed by atoms with E-state index in [-0.39, 0.29) is 18.9 Å². The third-order valence-corrected chi connectivity index (χ3v) is 5.46. The number of carboxylic acid groups (broad SMARTS) is 1. The van der Waals surface area contributed by atoms with Crippen molar-refractivity contribution in [1.29, 1.82) is 0 Å². The van der Waals surface area contributed by atoms with Gasteiger partial charge >= 0.3 is 18.0 Å². The molecular formula is C23H25NO6. The Morgan fingerprint density at radius 1 is 1.03 bits per heavy atom. The molecule has 0 fully saturated rings. The topological polar surface area (TPSA) is 102 Å². The van der Waals surface area contributed by atoms with Gasteiger partial charge in [0.05, 0.1) is 13.5 Å². The fraction of sp³-hybridized carbons (Fsp3) is 0.348. The van der Waals surface area contributed by atoms with Gasteiger partial charge in [-0.25, -0.2) is 9.59 Å². The fourth-order valence-corrected chi connectivity index (χ4v) is 3.90. The molecule has 2 N–H and O–H groups in total. The normalized spacial score (nSPS) is 13.7. The van der Waals surface area contributed by atoms with Crippen LogP contribution in [0.4, 0.5) is 4.79 Å². The van der Waals surface area contributed by atoms with E-state index in [9.17, 15) is 19.5 Å². The molecule has 0 radical (unpaired) electrons. The molecule has 1 atom stereocenters. The number of nitrogens with one attached hydrogen (secondary N) is 1. The van der Waals surface area contributed by atoms with Crippen molar-refractivity contribution < 1.29 is 29.0 Å². The van der Waals surface area contributed by atoms with Crippen LogP contribution in [-0.2, 0) is 19.1 Å². The van der Waals surface area contributed by atoms with Crippen LogP contribution in [0.2, 0.25) is 0 Å². The number of esters is 1. The maximum atomic E-state index is 12.4. The number of alkyl carbamates (subject to hydrolysis) is 1. The van der Waals surface area contributed by atoms with Crippen molar-refractivity contribution in [1.82, 2.24) is 5.32 Å². The summed E-state index contributed by atoms with van der Waals surface area (Å²) in [6, 6.07) is 14.6. The molecule has 0 saturated heterocycles. The average Bonchev–Trinajstić information content (AvgIpc) is 3.03. The van der Waals surface area contributed by atoms with Crippen LogP contribution in [0.5, 0.6) is 0 Å². The highest BCUT2D eigenvalue weighted by molar-refractivity contribution is 5.82. The van der Waals surface area contributed by atoms with Gasteiger partial charge in [-0.3, -0.25) is 4.79 Å². The number of hydrogen-bond donors (Lipinski definition) is 2. The van der Waals surface area contributed by atoms with Gasteiger partial charge < -0.3 is 19.9 Å². The van der Waals surface area contributed by atoms with E-state index in [1.165, 1.54) is 7.11 Å². The Kier molecular flexibility index (Phi) is 6.10. The molecule has 0 saturated carbocycles. The lowest BCUT2D eigenvalue weighted by Gasteiger charge is -2.30. The van der Waals surface area contributed by atoms with Crippen LogP contribution < -0.4 is 5.32 Å². The summed E-state index contributed by atoms with van der Waals surface area (Å²) in [5, 5.41) is 12.0. The number of carbonyl (C=O) groups excluding carboxylic acids is 2. The van der Waals surface area contributed by atoms with Crippen LogP contribution in [0.15, 0.2) is 48.5 Å². The summed E-state index contributed by atoms with van der Waals surface area (Å²) >= 11 is 0. The minimum absolute atomic E-state index is 0.0730. The molecule has 30 heavy (non-hydrogen) atoms. The zero-order chi connectivity index (χ0) is 21.9. The molecule has 0 heterocycles. The smallest absolute Gasteiger partial charge is 0.407 e. The number of methoxy groups -OCH3 is 1. The lowest BCUT2D eigenvalue weighted by atomic mass is 9.81. The number of aliphatic carboxylic acids is 1. The van der Waals surface area contributed by atoms with E-state index in [1.807, 2.05) is 48.5 Å². The van der Waals surface area contributed by atoms with Crippen LogP contribution in [-0.4, -0.2) is 42.9 Å². The van der Waals surface area contributed by atoms with Gasteiger partial charge in [0.25, 0.3) is 0 Å². The van der Waals surface area contributed by atoms with E-state index in [2.05, 4.69) is 10.1 Å². The first-order valence-electron chi connectivity index (χ1n) is 9.65. The Labute approximate surface area is 175 Å². The third-order valence-electron chi connectivity index (χ3n) is 5.46. The molecule has 1 aliphatic carbocycles. The van der Waals surface area contributed by atoms with Crippen molar-refractivity contribution in [2.24, 2.45) is 5.41 Å². The number of rotatable bonds is 7. The van der Waals surface area contributed by atoms with E-state index < -0.39 is 29.5 Å². The van der Waals surface area contributed by atoms with Gasteiger partial charge in [-0.1, -0.05) is 62.4 Å². The summed E-state index contributed by atoms with van der Waals surface area (Å²) < 4.78 is 10.0. The van der Waals surface area contributed by atoms with Crippen LogP contribution >= 0.6 is 0 Å². The molecule has 2 aromatic rings. The van der Waals surface area contributed by atoms with Crippen LogP contribution in [0.1, 0.15) is 37.3 Å². The summed E-state index contributed by atoms with van der Waals surface area (Å²) in [7, 11) is 1.23. The van der Waals surface area contributed by atoms with Crippen molar-refractivity contribution in [3.8, 4) is 11.1 Å². The molecule has 0 spiro atoms. The third kappa shape index (κ3) is 4.30. The summed E-state index contributed by atoms with van der Waals surface area (Å²) in [6.45, 7) is 3.22. The lowest BCUT2D eigenvalue weighted by molar-refractivity contribution is -0.147. The van der Waals surface area contributed by atoms with Gasteiger partial charge in [0.1, 0.15) is 12.6 Å². The Morgan fingerprint density at radius 3 is 2.07 bits per heavy atom. The second-order valence-corrected chi connectivity index (χ2v) is 7.98. The van der Waals surface area contributed by atoms with Gasteiger partial charge in [-0.15, -0.1) is 0 Å². The van der Waals surface area contributed by atoms with Crippen molar-refractivity contribution in [2.75, 3.05) is 13.7 Å². The van der Waals surface area contributed by atoms with Crippen molar-refractivity contribution in [3.63, 3.8) is 0 Å². The number of carboxylic acids is 1. The van der Waals surface area contributed by atoms with Gasteiger partial charge in [0, 0.05) is 11.3 Å². The second kappa shape index (κ2) is 8.57. The Morgan fingerprint density at radius 2 is 1.57 bits per heavy atom. The maximum Gasteiger partial charge on any atom is 0.407 e. The minimum Gasteiger partial charge on any atom is -0.480 e. The zero-order valence-electron chi connectivity index (χ0n) is 17.2. The quantitative estimate of drug-likeness (QED) is 0.676. The first-order valence-corrected chi connectivity index (χ1v) is 9.65. The van der Waals surface area contributed by atoms with Gasteiger partial charge in [-0.2, -0.15) is 0 Å². The molecule has 0 aliphatic heterocycles. The van der Waals surface area contributed by atoms with Crippen molar-refractivity contribution in [2.45, 2.75) is 32.2 Å². The first kappa shape index (κ1) is 21.4. The standard InChI is InChI=1S/C23H25NO6/c1-23(2,12-19(25)29-3)20(21(26)27)24-22(28)30-13-18-16-10-6-4-8-14(16)15-9-5-7-11-17(15)18/h4-11,18,20H,12-13H2,1-3H3,(H,24,28)(H,26,27)/t20-/m0/s1. The summed E-state index contributed by atoms with van der Waals surface area (Å²) in [6.07, 6.45) is -1.01. The van der Waals surface area contributed by atoms with Crippen LogP contribution in [0, 0.1) is 5.41 Å². The molecule has 0 unspecified atom stereocenters. The predicted molar refractivity (Wildman–Crippen MR) is 110 cm³/mol. The number of carbonyl (C=O) groups is 3. The van der Waals surface area contributed by atoms with E-state index in [4.69, 9.17) is 4.74 Å². The molecule has 7 nitrogen and oxygen atoms in total. The summed E-state index contributed by atoms with van der Waals surface area (Å²) in [4.78, 5) is 35.8. The Balaban J connectivity index is 1.71. The van der Waals surface area contributed by atoms with E-state index >= 15 is 0 Å². The molecule has 0 aromatic heterocycles. The molecule has 7 heteroatoms. The zero-order valence-corrected chi connectivity index (χ0v) is 17.2. The van der Waals surface area contributed by atoms with E-state index in [0.717, 1.165) is 22.3 Å². The molecule has 158 valence electrons. The summed E-state index contributed by atoms with van der Waals surface area (Å²) in [5.74, 6) is -1.94. The number of fused-ring (bicyclic) bond motifs is 3. The highest BCUT2D eigenvalue weighted by Gasteiger charge is 2.39. The molecule has 0 bridgehead atoms. The SMILES string of the molecule is COC(=O)CC(C)(C)[C@@H](NC(=O)OCC1c2ccccc2-c2ccccc21)C(=O)O. The Hall–Kier alpha value is -3.35. The number of benzene rings is 2. The molecular weight excluding hydrogens is 386 g/mol. The maximum absolute atomic E-state index is 12.4. The molecule has 1 amide bonds. The molecule has 3 rings (SSSR count). The summed E-state index contributed by atoms with van der Waals surface area (Å²) in [5.41, 5.74) is 3.26. The van der Waals surface area contributed by atoms with Gasteiger partial charge in [0.2, 0.25) is 0 Å². The molecule has 1 aliphatic rings. The van der Waals surface area contributed by atoms with Crippen LogP contribution in [0.25, 0.3) is 11.1 Å².